The summed E-state index contributed by atoms with van der Waals surface area (Å²) in [7, 11) is 0. The zero-order chi connectivity index (χ0) is 16.4. The van der Waals surface area contributed by atoms with Crippen LogP contribution in [-0.2, 0) is 0 Å². The third kappa shape index (κ3) is 2.94. The first-order valence-corrected chi connectivity index (χ1v) is 7.72. The van der Waals surface area contributed by atoms with Gasteiger partial charge in [0, 0.05) is 17.6 Å². The highest BCUT2D eigenvalue weighted by atomic mass is 16.5. The fourth-order valence-electron chi connectivity index (χ4n) is 2.49. The minimum atomic E-state index is 0.523. The molecular formula is C20H15N3O. The maximum absolute atomic E-state index is 5.84. The Hall–Kier alpha value is -3.27. The van der Waals surface area contributed by atoms with Crippen LogP contribution in [0.5, 0.6) is 11.6 Å². The molecule has 4 nitrogen and oxygen atoms in total. The summed E-state index contributed by atoms with van der Waals surface area (Å²) in [6.07, 6.45) is 1.81. The molecule has 4 heteroatoms. The zero-order valence-corrected chi connectivity index (χ0v) is 13.2. The Morgan fingerprint density at radius 2 is 1.71 bits per heavy atom. The van der Waals surface area contributed by atoms with Crippen LogP contribution in [0.4, 0.5) is 0 Å². The summed E-state index contributed by atoms with van der Waals surface area (Å²) in [6.45, 7) is 2.03. The van der Waals surface area contributed by atoms with Gasteiger partial charge in [0.15, 0.2) is 5.82 Å². The minimum absolute atomic E-state index is 0.523. The largest absolute Gasteiger partial charge is 0.439 e. The lowest BCUT2D eigenvalue weighted by Gasteiger charge is -2.07. The SMILES string of the molecule is Cc1cccc(Oc2cccc(-c3ncc4ccccc4n3)n2)c1. The molecule has 0 bridgehead atoms. The fraction of sp³-hybridized carbons (Fsp3) is 0.0500. The van der Waals surface area contributed by atoms with Gasteiger partial charge in [0.25, 0.3) is 0 Å². The molecule has 0 atom stereocenters. The second-order valence-corrected chi connectivity index (χ2v) is 5.53. The lowest BCUT2D eigenvalue weighted by atomic mass is 10.2. The summed E-state index contributed by atoms with van der Waals surface area (Å²) < 4.78 is 5.84. The van der Waals surface area contributed by atoms with Gasteiger partial charge in [0.1, 0.15) is 11.4 Å². The molecule has 0 aliphatic carbocycles. The van der Waals surface area contributed by atoms with E-state index in [2.05, 4.69) is 15.0 Å². The molecule has 2 heterocycles. The molecule has 0 radical (unpaired) electrons. The van der Waals surface area contributed by atoms with Gasteiger partial charge in [-0.2, -0.15) is 0 Å². The Morgan fingerprint density at radius 3 is 2.62 bits per heavy atom. The molecule has 0 aliphatic heterocycles. The predicted octanol–water partition coefficient (Wildman–Crippen LogP) is 4.79. The predicted molar refractivity (Wildman–Crippen MR) is 94.0 cm³/mol. The Balaban J connectivity index is 1.68. The van der Waals surface area contributed by atoms with E-state index < -0.39 is 0 Å². The first-order chi connectivity index (χ1) is 11.8. The van der Waals surface area contributed by atoms with Crippen LogP contribution in [0, 0.1) is 6.92 Å². The number of benzene rings is 2. The lowest BCUT2D eigenvalue weighted by Crippen LogP contribution is -1.94. The summed E-state index contributed by atoms with van der Waals surface area (Å²) in [5, 5.41) is 1.01. The first kappa shape index (κ1) is 14.3. The number of aromatic nitrogens is 3. The van der Waals surface area contributed by atoms with Crippen LogP contribution in [0.25, 0.3) is 22.4 Å². The number of ether oxygens (including phenoxy) is 1. The number of nitrogens with zero attached hydrogens (tertiary/aromatic N) is 3. The summed E-state index contributed by atoms with van der Waals surface area (Å²) in [4.78, 5) is 13.5. The van der Waals surface area contributed by atoms with Gasteiger partial charge in [0.2, 0.25) is 5.88 Å². The number of fused-ring (bicyclic) bond motifs is 1. The molecule has 2 aromatic heterocycles. The van der Waals surface area contributed by atoms with Gasteiger partial charge in [0.05, 0.1) is 5.52 Å². The van der Waals surface area contributed by atoms with Crippen molar-refractivity contribution in [3.63, 3.8) is 0 Å². The van der Waals surface area contributed by atoms with Crippen molar-refractivity contribution < 1.29 is 4.74 Å². The highest BCUT2D eigenvalue weighted by molar-refractivity contribution is 5.79. The maximum atomic E-state index is 5.84. The van der Waals surface area contributed by atoms with Gasteiger partial charge in [-0.15, -0.1) is 0 Å². The van der Waals surface area contributed by atoms with Gasteiger partial charge in [-0.3, -0.25) is 0 Å². The fourth-order valence-corrected chi connectivity index (χ4v) is 2.49. The van der Waals surface area contributed by atoms with Crippen molar-refractivity contribution in [1.29, 1.82) is 0 Å². The van der Waals surface area contributed by atoms with Crippen LogP contribution in [0.3, 0.4) is 0 Å². The summed E-state index contributed by atoms with van der Waals surface area (Å²) in [5.41, 5.74) is 2.72. The smallest absolute Gasteiger partial charge is 0.219 e. The Bertz CT molecular complexity index is 1010. The van der Waals surface area contributed by atoms with E-state index in [-0.39, 0.29) is 0 Å². The van der Waals surface area contributed by atoms with E-state index in [0.717, 1.165) is 22.2 Å². The highest BCUT2D eigenvalue weighted by Gasteiger charge is 2.07. The van der Waals surface area contributed by atoms with E-state index in [9.17, 15) is 0 Å². The van der Waals surface area contributed by atoms with Crippen LogP contribution in [0.1, 0.15) is 5.56 Å². The lowest BCUT2D eigenvalue weighted by molar-refractivity contribution is 0.463. The molecule has 24 heavy (non-hydrogen) atoms. The Labute approximate surface area is 139 Å². The molecule has 2 aromatic carbocycles. The standard InChI is InChI=1S/C20H15N3O/c1-14-6-4-8-16(12-14)24-19-11-5-10-18(22-19)20-21-13-15-7-2-3-9-17(15)23-20/h2-13H,1H3. The number of para-hydroxylation sites is 1. The third-order valence-electron chi connectivity index (χ3n) is 3.65. The van der Waals surface area contributed by atoms with E-state index in [0.29, 0.717) is 17.4 Å². The van der Waals surface area contributed by atoms with Crippen molar-refractivity contribution >= 4 is 10.9 Å². The Kier molecular flexibility index (Phi) is 3.63. The van der Waals surface area contributed by atoms with Crippen LogP contribution in [0.15, 0.2) is 72.9 Å². The molecule has 0 spiro atoms. The van der Waals surface area contributed by atoms with Crippen LogP contribution in [0.2, 0.25) is 0 Å². The van der Waals surface area contributed by atoms with Gasteiger partial charge >= 0.3 is 0 Å². The van der Waals surface area contributed by atoms with E-state index in [1.54, 1.807) is 0 Å². The topological polar surface area (TPSA) is 47.9 Å². The highest BCUT2D eigenvalue weighted by Crippen LogP contribution is 2.23. The number of hydrogen-bond acceptors (Lipinski definition) is 4. The summed E-state index contributed by atoms with van der Waals surface area (Å²) in [6, 6.07) is 21.4. The monoisotopic (exact) mass is 313 g/mol. The minimum Gasteiger partial charge on any atom is -0.439 e. The van der Waals surface area contributed by atoms with Gasteiger partial charge < -0.3 is 4.74 Å². The van der Waals surface area contributed by atoms with Crippen LogP contribution in [-0.4, -0.2) is 15.0 Å². The average molecular weight is 313 g/mol. The van der Waals surface area contributed by atoms with E-state index >= 15 is 0 Å². The van der Waals surface area contributed by atoms with Gasteiger partial charge in [-0.25, -0.2) is 15.0 Å². The van der Waals surface area contributed by atoms with Crippen molar-refractivity contribution in [2.45, 2.75) is 6.92 Å². The quantitative estimate of drug-likeness (QED) is 0.545. The van der Waals surface area contributed by atoms with Crippen molar-refractivity contribution in [2.75, 3.05) is 0 Å². The van der Waals surface area contributed by atoms with Crippen LogP contribution < -0.4 is 4.74 Å². The molecular weight excluding hydrogens is 298 g/mol. The zero-order valence-electron chi connectivity index (χ0n) is 13.2. The molecule has 0 N–H and O–H groups in total. The second-order valence-electron chi connectivity index (χ2n) is 5.53. The van der Waals surface area contributed by atoms with Gasteiger partial charge in [-0.1, -0.05) is 36.4 Å². The normalized spacial score (nSPS) is 10.7. The van der Waals surface area contributed by atoms with E-state index in [1.807, 2.05) is 79.9 Å². The molecule has 0 saturated carbocycles. The number of pyridine rings is 1. The number of rotatable bonds is 3. The van der Waals surface area contributed by atoms with Crippen molar-refractivity contribution in [3.05, 3.63) is 78.5 Å². The average Bonchev–Trinajstić information content (AvgIpc) is 2.61. The number of aryl methyl sites for hydroxylation is 1. The summed E-state index contributed by atoms with van der Waals surface area (Å²) in [5.74, 6) is 1.87. The molecule has 4 rings (SSSR count). The van der Waals surface area contributed by atoms with E-state index in [4.69, 9.17) is 4.74 Å². The number of hydrogen-bond donors (Lipinski definition) is 0. The molecule has 4 aromatic rings. The molecule has 0 fully saturated rings. The van der Waals surface area contributed by atoms with Crippen molar-refractivity contribution in [3.8, 4) is 23.1 Å². The molecule has 0 saturated heterocycles. The molecule has 0 unspecified atom stereocenters. The maximum Gasteiger partial charge on any atom is 0.219 e. The first-order valence-electron chi connectivity index (χ1n) is 7.72. The van der Waals surface area contributed by atoms with Crippen LogP contribution >= 0.6 is 0 Å². The third-order valence-corrected chi connectivity index (χ3v) is 3.65. The van der Waals surface area contributed by atoms with Crippen molar-refractivity contribution in [1.82, 2.24) is 15.0 Å². The van der Waals surface area contributed by atoms with E-state index in [1.165, 1.54) is 0 Å². The van der Waals surface area contributed by atoms with Crippen molar-refractivity contribution in [2.24, 2.45) is 0 Å². The summed E-state index contributed by atoms with van der Waals surface area (Å²) >= 11 is 0. The second kappa shape index (κ2) is 6.08. The van der Waals surface area contributed by atoms with Gasteiger partial charge in [-0.05, 0) is 36.8 Å². The molecule has 0 amide bonds. The molecule has 0 aliphatic rings. The Morgan fingerprint density at radius 1 is 0.833 bits per heavy atom. The molecule has 116 valence electrons.